The van der Waals surface area contributed by atoms with Crippen molar-refractivity contribution in [3.8, 4) is 0 Å². The lowest BCUT2D eigenvalue weighted by molar-refractivity contribution is -0.116. The Bertz CT molecular complexity index is 1860. The molecule has 18 nitrogen and oxygen atoms in total. The van der Waals surface area contributed by atoms with Crippen molar-refractivity contribution in [3.05, 3.63) is 82.9 Å². The molecule has 0 spiro atoms. The number of methoxy groups -OCH3 is 2. The van der Waals surface area contributed by atoms with Gasteiger partial charge in [0.1, 0.15) is 13.2 Å². The topological polar surface area (TPSA) is 268 Å². The summed E-state index contributed by atoms with van der Waals surface area (Å²) in [6.45, 7) is 0.453. The normalized spacial score (nSPS) is 11.1. The van der Waals surface area contributed by atoms with Gasteiger partial charge in [-0.05, 0) is 54.6 Å². The van der Waals surface area contributed by atoms with E-state index in [1.54, 1.807) is 0 Å². The number of Topliss-reactive ketones (excluding diaryl/α,β-unsaturated/α-hetero) is 4. The molecule has 0 saturated heterocycles. The van der Waals surface area contributed by atoms with Crippen molar-refractivity contribution in [2.45, 2.75) is 13.8 Å². The molecule has 0 fully saturated rings. The van der Waals surface area contributed by atoms with Crippen molar-refractivity contribution in [1.82, 2.24) is 0 Å². The average Bonchev–Trinajstić information content (AvgIpc) is 3.13. The second-order valence-corrected chi connectivity index (χ2v) is 10.4. The standard InChI is InChI=1S/C34H32N6O12/c1-17(43)29(39-37-25-14-20(33(49)51-3)6-11-23(25)28(46)16-42)31(47)35-21-7-9-22(10-8-21)36-32(48)30(18(2)44)40-38-26-13-19(27(45)15-41)5-12-24(26)34(50)52-4/h5-14,37-38,41-42H,15-16H2,1-4H3,(H,35,47)(H,36,48)/b39-29+,40-30+. The van der Waals surface area contributed by atoms with Crippen LogP contribution in [0.1, 0.15) is 55.3 Å². The largest absolute Gasteiger partial charge is 0.465 e. The molecule has 3 aromatic rings. The molecule has 0 aliphatic carbocycles. The van der Waals surface area contributed by atoms with Crippen LogP contribution in [0.25, 0.3) is 0 Å². The van der Waals surface area contributed by atoms with Crippen molar-refractivity contribution in [2.24, 2.45) is 10.2 Å². The lowest BCUT2D eigenvalue weighted by Gasteiger charge is -2.12. The zero-order valence-electron chi connectivity index (χ0n) is 28.1. The van der Waals surface area contributed by atoms with E-state index >= 15 is 0 Å². The Balaban J connectivity index is 1.78. The second kappa shape index (κ2) is 18.2. The number of rotatable bonds is 16. The maximum atomic E-state index is 13.0. The number of amides is 2. The predicted octanol–water partition coefficient (Wildman–Crippen LogP) is 1.60. The van der Waals surface area contributed by atoms with Gasteiger partial charge >= 0.3 is 11.9 Å². The highest BCUT2D eigenvalue weighted by Crippen LogP contribution is 2.21. The van der Waals surface area contributed by atoms with Gasteiger partial charge in [-0.1, -0.05) is 6.07 Å². The highest BCUT2D eigenvalue weighted by Gasteiger charge is 2.22. The number of carbonyl (C=O) groups is 8. The van der Waals surface area contributed by atoms with Crippen LogP contribution in [0.3, 0.4) is 0 Å². The Morgan fingerprint density at radius 3 is 1.44 bits per heavy atom. The Morgan fingerprint density at radius 2 is 1.00 bits per heavy atom. The minimum absolute atomic E-state index is 0.0147. The summed E-state index contributed by atoms with van der Waals surface area (Å²) in [6.07, 6.45) is 0. The average molecular weight is 717 g/mol. The predicted molar refractivity (Wildman–Crippen MR) is 186 cm³/mol. The van der Waals surface area contributed by atoms with Crippen LogP contribution in [0.5, 0.6) is 0 Å². The molecule has 270 valence electrons. The number of esters is 2. The second-order valence-electron chi connectivity index (χ2n) is 10.4. The molecule has 6 N–H and O–H groups in total. The van der Waals surface area contributed by atoms with E-state index in [1.807, 2.05) is 0 Å². The number of carbonyl (C=O) groups excluding carboxylic acids is 8. The molecule has 0 aromatic heterocycles. The van der Waals surface area contributed by atoms with Gasteiger partial charge in [0, 0.05) is 36.3 Å². The SMILES string of the molecule is COC(=O)c1ccc(C(=O)CO)c(N/N=C(\C(C)=O)C(=O)Nc2ccc(NC(=O)/C(=N/Nc3cc(C(=O)CO)ccc3C(=O)OC)C(C)=O)cc2)c1. The highest BCUT2D eigenvalue weighted by atomic mass is 16.5. The Morgan fingerprint density at radius 1 is 0.577 bits per heavy atom. The number of ether oxygens (including phenoxy) is 2. The van der Waals surface area contributed by atoms with E-state index in [0.717, 1.165) is 28.1 Å². The van der Waals surface area contributed by atoms with Crippen LogP contribution in [0.2, 0.25) is 0 Å². The molecular formula is C34H32N6O12. The summed E-state index contributed by atoms with van der Waals surface area (Å²) in [5, 5.41) is 31.0. The Labute approximate surface area is 294 Å². The molecule has 3 rings (SSSR count). The monoisotopic (exact) mass is 716 g/mol. The minimum atomic E-state index is -0.968. The van der Waals surface area contributed by atoms with Crippen molar-refractivity contribution < 1.29 is 58.0 Å². The fourth-order valence-corrected chi connectivity index (χ4v) is 4.23. The van der Waals surface area contributed by atoms with Crippen LogP contribution in [0, 0.1) is 0 Å². The Kier molecular flexibility index (Phi) is 13.8. The first-order chi connectivity index (χ1) is 24.7. The molecular weight excluding hydrogens is 684 g/mol. The Hall–Kier alpha value is -6.92. The number of hydrogen-bond donors (Lipinski definition) is 6. The first-order valence-corrected chi connectivity index (χ1v) is 14.9. The molecule has 18 heteroatoms. The molecule has 0 heterocycles. The molecule has 0 bridgehead atoms. The molecule has 0 aliphatic heterocycles. The summed E-state index contributed by atoms with van der Waals surface area (Å²) in [7, 11) is 2.27. The van der Waals surface area contributed by atoms with Crippen molar-refractivity contribution in [3.63, 3.8) is 0 Å². The van der Waals surface area contributed by atoms with E-state index in [0.29, 0.717) is 0 Å². The van der Waals surface area contributed by atoms with Crippen LogP contribution in [0.4, 0.5) is 22.7 Å². The number of anilines is 4. The lowest BCUT2D eigenvalue weighted by atomic mass is 10.1. The number of hydrogen-bond acceptors (Lipinski definition) is 16. The van der Waals surface area contributed by atoms with Gasteiger partial charge in [0.25, 0.3) is 11.8 Å². The first kappa shape index (κ1) is 39.5. The molecule has 0 radical (unpaired) electrons. The molecule has 0 unspecified atom stereocenters. The van der Waals surface area contributed by atoms with Gasteiger partial charge in [0.15, 0.2) is 34.6 Å². The minimum Gasteiger partial charge on any atom is -0.465 e. The molecule has 52 heavy (non-hydrogen) atoms. The smallest absolute Gasteiger partial charge is 0.340 e. The maximum absolute atomic E-state index is 13.0. The summed E-state index contributed by atoms with van der Waals surface area (Å²) in [6, 6.07) is 12.8. The molecule has 0 saturated carbocycles. The van der Waals surface area contributed by atoms with Gasteiger partial charge in [-0.15, -0.1) is 0 Å². The molecule has 2 amide bonds. The first-order valence-electron chi connectivity index (χ1n) is 14.9. The van der Waals surface area contributed by atoms with Gasteiger partial charge in [-0.25, -0.2) is 9.59 Å². The van der Waals surface area contributed by atoms with E-state index in [-0.39, 0.29) is 45.0 Å². The van der Waals surface area contributed by atoms with Crippen LogP contribution in [-0.2, 0) is 28.7 Å². The van der Waals surface area contributed by atoms with Gasteiger partial charge in [-0.2, -0.15) is 10.2 Å². The fourth-order valence-electron chi connectivity index (χ4n) is 4.23. The third-order valence-electron chi connectivity index (χ3n) is 6.85. The zero-order valence-corrected chi connectivity index (χ0v) is 28.1. The number of aliphatic hydroxyl groups excluding tert-OH is 2. The number of nitrogens with one attached hydrogen (secondary N) is 4. The summed E-state index contributed by atoms with van der Waals surface area (Å²) in [5.41, 5.74) is 3.58. The number of nitrogens with zero attached hydrogens (tertiary/aromatic N) is 2. The highest BCUT2D eigenvalue weighted by molar-refractivity contribution is 6.67. The quantitative estimate of drug-likeness (QED) is 0.0404. The molecule has 0 atom stereocenters. The summed E-state index contributed by atoms with van der Waals surface area (Å²) in [5.74, 6) is -6.43. The van der Waals surface area contributed by atoms with Gasteiger partial charge in [-0.3, -0.25) is 39.6 Å². The zero-order chi connectivity index (χ0) is 38.5. The van der Waals surface area contributed by atoms with Gasteiger partial charge in [0.2, 0.25) is 0 Å². The third kappa shape index (κ3) is 10.1. The van der Waals surface area contributed by atoms with Crippen LogP contribution in [0.15, 0.2) is 70.9 Å². The van der Waals surface area contributed by atoms with Crippen molar-refractivity contribution in [2.75, 3.05) is 48.9 Å². The molecule has 0 aliphatic rings. The number of benzene rings is 3. The number of hydrazone groups is 2. The summed E-state index contributed by atoms with van der Waals surface area (Å²) in [4.78, 5) is 98.9. The summed E-state index contributed by atoms with van der Waals surface area (Å²) >= 11 is 0. The molecule has 3 aromatic carbocycles. The van der Waals surface area contributed by atoms with Crippen LogP contribution >= 0.6 is 0 Å². The van der Waals surface area contributed by atoms with Crippen LogP contribution < -0.4 is 21.5 Å². The van der Waals surface area contributed by atoms with E-state index in [4.69, 9.17) is 4.74 Å². The summed E-state index contributed by atoms with van der Waals surface area (Å²) < 4.78 is 9.37. The third-order valence-corrected chi connectivity index (χ3v) is 6.85. The number of aliphatic hydroxyl groups is 2. The van der Waals surface area contributed by atoms with E-state index in [2.05, 4.69) is 36.4 Å². The van der Waals surface area contributed by atoms with Crippen molar-refractivity contribution in [1.29, 1.82) is 0 Å². The van der Waals surface area contributed by atoms with Crippen LogP contribution in [-0.4, -0.2) is 96.0 Å². The van der Waals surface area contributed by atoms with Gasteiger partial charge < -0.3 is 30.3 Å². The maximum Gasteiger partial charge on any atom is 0.340 e. The van der Waals surface area contributed by atoms with Gasteiger partial charge in [0.05, 0.1) is 36.7 Å². The number of ketones is 4. The van der Waals surface area contributed by atoms with E-state index in [9.17, 15) is 48.6 Å². The lowest BCUT2D eigenvalue weighted by Crippen LogP contribution is -2.30. The van der Waals surface area contributed by atoms with E-state index < -0.39 is 71.5 Å². The fraction of sp³-hybridized carbons (Fsp3) is 0.176. The van der Waals surface area contributed by atoms with E-state index in [1.165, 1.54) is 60.7 Å². The van der Waals surface area contributed by atoms with Crippen molar-refractivity contribution >= 4 is 81.1 Å².